The Morgan fingerprint density at radius 2 is 1.94 bits per heavy atom. The summed E-state index contributed by atoms with van der Waals surface area (Å²) in [6.07, 6.45) is 1.97. The summed E-state index contributed by atoms with van der Waals surface area (Å²) < 4.78 is 0. The van der Waals surface area contributed by atoms with Crippen LogP contribution in [0.25, 0.3) is 0 Å². The van der Waals surface area contributed by atoms with Gasteiger partial charge in [0.1, 0.15) is 5.82 Å². The van der Waals surface area contributed by atoms with E-state index in [0.29, 0.717) is 6.04 Å². The van der Waals surface area contributed by atoms with E-state index in [0.717, 1.165) is 25.5 Å². The average Bonchev–Trinajstić information content (AvgIpc) is 2.32. The highest BCUT2D eigenvalue weighted by Gasteiger charge is 2.06. The molecule has 1 aromatic rings. The van der Waals surface area contributed by atoms with Crippen LogP contribution in [0.4, 0.5) is 5.82 Å². The van der Waals surface area contributed by atoms with Gasteiger partial charge in [-0.3, -0.25) is 0 Å². The number of rotatable bonds is 6. The number of hydrogen-bond acceptors (Lipinski definition) is 3. The van der Waals surface area contributed by atoms with Crippen molar-refractivity contribution in [3.8, 4) is 0 Å². The molecule has 0 aromatic carbocycles. The summed E-state index contributed by atoms with van der Waals surface area (Å²) in [7, 11) is 0. The topological polar surface area (TPSA) is 28.2 Å². The SMILES string of the molecule is CCNC(C)c1ccc(N(CC)CC)nc1. The van der Waals surface area contributed by atoms with Crippen molar-refractivity contribution < 1.29 is 0 Å². The first-order valence-corrected chi connectivity index (χ1v) is 6.17. The molecule has 1 rings (SSSR count). The van der Waals surface area contributed by atoms with Crippen molar-refractivity contribution in [2.24, 2.45) is 0 Å². The standard InChI is InChI=1S/C13H23N3/c1-5-14-11(4)12-8-9-13(15-10-12)16(6-2)7-3/h8-11,14H,5-7H2,1-4H3. The smallest absolute Gasteiger partial charge is 0.128 e. The van der Waals surface area contributed by atoms with Crippen LogP contribution in [0.1, 0.15) is 39.3 Å². The van der Waals surface area contributed by atoms with Gasteiger partial charge in [0, 0.05) is 25.3 Å². The Morgan fingerprint density at radius 3 is 2.38 bits per heavy atom. The van der Waals surface area contributed by atoms with E-state index in [9.17, 15) is 0 Å². The maximum Gasteiger partial charge on any atom is 0.128 e. The van der Waals surface area contributed by atoms with E-state index < -0.39 is 0 Å². The van der Waals surface area contributed by atoms with Crippen molar-refractivity contribution in [2.75, 3.05) is 24.5 Å². The lowest BCUT2D eigenvalue weighted by Crippen LogP contribution is -2.23. The lowest BCUT2D eigenvalue weighted by molar-refractivity contribution is 0.596. The van der Waals surface area contributed by atoms with Crippen molar-refractivity contribution in [1.82, 2.24) is 10.3 Å². The van der Waals surface area contributed by atoms with Crippen LogP contribution < -0.4 is 10.2 Å². The zero-order valence-electron chi connectivity index (χ0n) is 10.8. The van der Waals surface area contributed by atoms with E-state index in [-0.39, 0.29) is 0 Å². The molecule has 0 spiro atoms. The largest absolute Gasteiger partial charge is 0.357 e. The fourth-order valence-corrected chi connectivity index (χ4v) is 1.81. The van der Waals surface area contributed by atoms with Gasteiger partial charge in [-0.1, -0.05) is 13.0 Å². The monoisotopic (exact) mass is 221 g/mol. The van der Waals surface area contributed by atoms with Crippen LogP contribution in [0.15, 0.2) is 18.3 Å². The third-order valence-electron chi connectivity index (χ3n) is 2.87. The second-order valence-corrected chi connectivity index (χ2v) is 3.90. The lowest BCUT2D eigenvalue weighted by Gasteiger charge is -2.20. The van der Waals surface area contributed by atoms with Crippen molar-refractivity contribution in [2.45, 2.75) is 33.7 Å². The summed E-state index contributed by atoms with van der Waals surface area (Å²) in [6, 6.07) is 4.65. The Balaban J connectivity index is 2.74. The number of nitrogens with one attached hydrogen (secondary N) is 1. The van der Waals surface area contributed by atoms with E-state index in [1.54, 1.807) is 0 Å². The van der Waals surface area contributed by atoms with Crippen molar-refractivity contribution in [3.63, 3.8) is 0 Å². The minimum Gasteiger partial charge on any atom is -0.357 e. The molecule has 0 radical (unpaired) electrons. The van der Waals surface area contributed by atoms with E-state index in [4.69, 9.17) is 0 Å². The Kier molecular flexibility index (Phi) is 5.26. The molecule has 1 aromatic heterocycles. The van der Waals surface area contributed by atoms with Gasteiger partial charge in [0.15, 0.2) is 0 Å². The zero-order valence-corrected chi connectivity index (χ0v) is 10.8. The van der Waals surface area contributed by atoms with Crippen LogP contribution in [0.3, 0.4) is 0 Å². The third kappa shape index (κ3) is 3.20. The number of pyridine rings is 1. The molecule has 1 heterocycles. The Bertz CT molecular complexity index is 291. The second-order valence-electron chi connectivity index (χ2n) is 3.90. The molecule has 3 nitrogen and oxygen atoms in total. The molecule has 0 amide bonds. The van der Waals surface area contributed by atoms with Gasteiger partial charge in [0.2, 0.25) is 0 Å². The van der Waals surface area contributed by atoms with Crippen molar-refractivity contribution >= 4 is 5.82 Å². The third-order valence-corrected chi connectivity index (χ3v) is 2.87. The van der Waals surface area contributed by atoms with E-state index >= 15 is 0 Å². The summed E-state index contributed by atoms with van der Waals surface area (Å²) >= 11 is 0. The van der Waals surface area contributed by atoms with Gasteiger partial charge in [-0.05, 0) is 38.9 Å². The molecule has 1 N–H and O–H groups in total. The van der Waals surface area contributed by atoms with Crippen LogP contribution >= 0.6 is 0 Å². The quantitative estimate of drug-likeness (QED) is 0.800. The summed E-state index contributed by atoms with van der Waals surface area (Å²) in [6.45, 7) is 11.6. The summed E-state index contributed by atoms with van der Waals surface area (Å²) in [5.41, 5.74) is 1.25. The highest BCUT2D eigenvalue weighted by Crippen LogP contribution is 2.15. The number of hydrogen-bond donors (Lipinski definition) is 1. The lowest BCUT2D eigenvalue weighted by atomic mass is 10.1. The maximum absolute atomic E-state index is 4.51. The molecule has 1 atom stereocenters. The molecule has 0 aliphatic rings. The first kappa shape index (κ1) is 13.0. The molecule has 0 aliphatic carbocycles. The molecular formula is C13H23N3. The highest BCUT2D eigenvalue weighted by atomic mass is 15.2. The van der Waals surface area contributed by atoms with Gasteiger partial charge in [-0.25, -0.2) is 4.98 Å². The van der Waals surface area contributed by atoms with Gasteiger partial charge in [0.05, 0.1) is 0 Å². The molecule has 0 fully saturated rings. The molecule has 0 saturated heterocycles. The Hall–Kier alpha value is -1.09. The normalized spacial score (nSPS) is 12.5. The predicted molar refractivity (Wildman–Crippen MR) is 69.9 cm³/mol. The van der Waals surface area contributed by atoms with Gasteiger partial charge in [0.25, 0.3) is 0 Å². The van der Waals surface area contributed by atoms with Crippen molar-refractivity contribution in [3.05, 3.63) is 23.9 Å². The molecule has 0 saturated carbocycles. The molecule has 90 valence electrons. The molecular weight excluding hydrogens is 198 g/mol. The van der Waals surface area contributed by atoms with Crippen LogP contribution in [0.5, 0.6) is 0 Å². The fourth-order valence-electron chi connectivity index (χ4n) is 1.81. The summed E-state index contributed by atoms with van der Waals surface area (Å²) in [4.78, 5) is 6.76. The van der Waals surface area contributed by atoms with Crippen LogP contribution in [-0.4, -0.2) is 24.6 Å². The zero-order chi connectivity index (χ0) is 12.0. The minimum absolute atomic E-state index is 0.378. The first-order chi connectivity index (χ1) is 7.72. The minimum atomic E-state index is 0.378. The predicted octanol–water partition coefficient (Wildman–Crippen LogP) is 2.60. The highest BCUT2D eigenvalue weighted by molar-refractivity contribution is 5.39. The van der Waals surface area contributed by atoms with Crippen molar-refractivity contribution in [1.29, 1.82) is 0 Å². The first-order valence-electron chi connectivity index (χ1n) is 6.17. The van der Waals surface area contributed by atoms with Crippen LogP contribution in [-0.2, 0) is 0 Å². The number of nitrogens with zero attached hydrogens (tertiary/aromatic N) is 2. The van der Waals surface area contributed by atoms with Gasteiger partial charge >= 0.3 is 0 Å². The van der Waals surface area contributed by atoms with Gasteiger partial charge in [-0.2, -0.15) is 0 Å². The van der Waals surface area contributed by atoms with E-state index in [1.807, 2.05) is 6.20 Å². The average molecular weight is 221 g/mol. The summed E-state index contributed by atoms with van der Waals surface area (Å²) in [5.74, 6) is 1.07. The Labute approximate surface area is 98.9 Å². The maximum atomic E-state index is 4.51. The van der Waals surface area contributed by atoms with E-state index in [2.05, 4.69) is 55.0 Å². The molecule has 16 heavy (non-hydrogen) atoms. The van der Waals surface area contributed by atoms with Gasteiger partial charge < -0.3 is 10.2 Å². The Morgan fingerprint density at radius 1 is 1.25 bits per heavy atom. The van der Waals surface area contributed by atoms with Crippen LogP contribution in [0, 0.1) is 0 Å². The summed E-state index contributed by atoms with van der Waals surface area (Å²) in [5, 5.41) is 3.38. The number of aromatic nitrogens is 1. The molecule has 3 heteroatoms. The van der Waals surface area contributed by atoms with Crippen LogP contribution in [0.2, 0.25) is 0 Å². The fraction of sp³-hybridized carbons (Fsp3) is 0.615. The molecule has 0 bridgehead atoms. The van der Waals surface area contributed by atoms with Gasteiger partial charge in [-0.15, -0.1) is 0 Å². The second kappa shape index (κ2) is 6.48. The van der Waals surface area contributed by atoms with E-state index in [1.165, 1.54) is 5.56 Å². The molecule has 1 unspecified atom stereocenters. The number of anilines is 1. The molecule has 0 aliphatic heterocycles.